The lowest BCUT2D eigenvalue weighted by Crippen LogP contribution is -2.42. The van der Waals surface area contributed by atoms with Crippen LogP contribution in [0.4, 0.5) is 4.39 Å². The molecule has 0 amide bonds. The van der Waals surface area contributed by atoms with Crippen LogP contribution < -0.4 is 5.32 Å². The van der Waals surface area contributed by atoms with E-state index in [0.717, 1.165) is 31.7 Å². The maximum atomic E-state index is 13.1. The quantitative estimate of drug-likeness (QED) is 0.879. The molecular weight excluding hydrogens is 239 g/mol. The molecule has 1 fully saturated rings. The zero-order valence-corrected chi connectivity index (χ0v) is 12.1. The Kier molecular flexibility index (Phi) is 5.34. The Morgan fingerprint density at radius 1 is 1.32 bits per heavy atom. The van der Waals surface area contributed by atoms with Crippen LogP contribution in [-0.4, -0.2) is 30.6 Å². The van der Waals surface area contributed by atoms with Crippen molar-refractivity contribution in [3.05, 3.63) is 35.1 Å². The first kappa shape index (κ1) is 14.5. The summed E-state index contributed by atoms with van der Waals surface area (Å²) in [5.74, 6) is -0.135. The molecule has 106 valence electrons. The summed E-state index contributed by atoms with van der Waals surface area (Å²) in [6.07, 6.45) is 3.65. The van der Waals surface area contributed by atoms with E-state index in [-0.39, 0.29) is 5.82 Å². The molecule has 0 atom stereocenters. The van der Waals surface area contributed by atoms with Gasteiger partial charge in [0.25, 0.3) is 0 Å². The molecule has 1 aromatic carbocycles. The third-order valence-corrected chi connectivity index (χ3v) is 3.97. The summed E-state index contributed by atoms with van der Waals surface area (Å²) in [4.78, 5) is 2.48. The summed E-state index contributed by atoms with van der Waals surface area (Å²) >= 11 is 0. The lowest BCUT2D eigenvalue weighted by Gasteiger charge is -2.32. The average molecular weight is 264 g/mol. The minimum Gasteiger partial charge on any atom is -0.314 e. The molecule has 0 saturated carbocycles. The first-order valence-corrected chi connectivity index (χ1v) is 7.40. The normalized spacial score (nSPS) is 17.8. The van der Waals surface area contributed by atoms with Gasteiger partial charge in [0, 0.05) is 12.6 Å². The van der Waals surface area contributed by atoms with E-state index in [4.69, 9.17) is 0 Å². The topological polar surface area (TPSA) is 15.3 Å². The molecule has 0 spiro atoms. The van der Waals surface area contributed by atoms with Crippen molar-refractivity contribution in [2.24, 2.45) is 0 Å². The second kappa shape index (κ2) is 7.01. The Morgan fingerprint density at radius 3 is 2.68 bits per heavy atom. The smallest absolute Gasteiger partial charge is 0.123 e. The molecule has 1 N–H and O–H groups in total. The van der Waals surface area contributed by atoms with Gasteiger partial charge in [0.1, 0.15) is 5.82 Å². The van der Waals surface area contributed by atoms with Crippen LogP contribution in [0, 0.1) is 12.7 Å². The summed E-state index contributed by atoms with van der Waals surface area (Å²) in [5, 5.41) is 3.60. The highest BCUT2D eigenvalue weighted by atomic mass is 19.1. The Hall–Kier alpha value is -0.930. The minimum absolute atomic E-state index is 0.135. The van der Waals surface area contributed by atoms with Gasteiger partial charge < -0.3 is 5.32 Å². The SMILES string of the molecule is CCCNC1CCN(Cc2ccc(F)cc2C)CC1. The lowest BCUT2D eigenvalue weighted by atomic mass is 10.0. The molecule has 1 heterocycles. The predicted octanol–water partition coefficient (Wildman–Crippen LogP) is 3.10. The van der Waals surface area contributed by atoms with Crippen molar-refractivity contribution in [2.75, 3.05) is 19.6 Å². The number of piperidine rings is 1. The molecule has 1 aliphatic rings. The van der Waals surface area contributed by atoms with E-state index in [0.29, 0.717) is 6.04 Å². The monoisotopic (exact) mass is 264 g/mol. The maximum Gasteiger partial charge on any atom is 0.123 e. The number of halogens is 1. The van der Waals surface area contributed by atoms with Gasteiger partial charge in [0.15, 0.2) is 0 Å². The van der Waals surface area contributed by atoms with E-state index in [1.165, 1.54) is 24.8 Å². The molecule has 1 aliphatic heterocycles. The third-order valence-electron chi connectivity index (χ3n) is 3.97. The van der Waals surface area contributed by atoms with Crippen molar-refractivity contribution in [1.29, 1.82) is 0 Å². The molecule has 19 heavy (non-hydrogen) atoms. The van der Waals surface area contributed by atoms with Crippen LogP contribution >= 0.6 is 0 Å². The highest BCUT2D eigenvalue weighted by Crippen LogP contribution is 2.17. The molecule has 1 aromatic rings. The molecule has 2 nitrogen and oxygen atoms in total. The van der Waals surface area contributed by atoms with Crippen LogP contribution in [0.25, 0.3) is 0 Å². The highest BCUT2D eigenvalue weighted by Gasteiger charge is 2.18. The molecule has 0 bridgehead atoms. The number of rotatable bonds is 5. The Balaban J connectivity index is 1.82. The Labute approximate surface area is 116 Å². The number of aryl methyl sites for hydroxylation is 1. The van der Waals surface area contributed by atoms with Crippen LogP contribution in [0.15, 0.2) is 18.2 Å². The molecule has 2 rings (SSSR count). The van der Waals surface area contributed by atoms with Crippen molar-refractivity contribution >= 4 is 0 Å². The first-order chi connectivity index (χ1) is 9.19. The number of likely N-dealkylation sites (tertiary alicyclic amines) is 1. The summed E-state index contributed by atoms with van der Waals surface area (Å²) in [6.45, 7) is 8.55. The minimum atomic E-state index is -0.135. The molecule has 0 unspecified atom stereocenters. The fourth-order valence-electron chi connectivity index (χ4n) is 2.72. The third kappa shape index (κ3) is 4.29. The second-order valence-corrected chi connectivity index (χ2v) is 5.58. The van der Waals surface area contributed by atoms with Gasteiger partial charge in [-0.05, 0) is 69.1 Å². The molecule has 0 radical (unpaired) electrons. The van der Waals surface area contributed by atoms with Crippen molar-refractivity contribution in [2.45, 2.75) is 45.7 Å². The van der Waals surface area contributed by atoms with Crippen LogP contribution in [0.3, 0.4) is 0 Å². The van der Waals surface area contributed by atoms with Crippen molar-refractivity contribution < 1.29 is 4.39 Å². The highest BCUT2D eigenvalue weighted by molar-refractivity contribution is 5.26. The van der Waals surface area contributed by atoms with E-state index >= 15 is 0 Å². The molecule has 0 aliphatic carbocycles. The summed E-state index contributed by atoms with van der Waals surface area (Å²) in [6, 6.07) is 5.81. The fraction of sp³-hybridized carbons (Fsp3) is 0.625. The number of nitrogens with zero attached hydrogens (tertiary/aromatic N) is 1. The van der Waals surface area contributed by atoms with Gasteiger partial charge in [-0.15, -0.1) is 0 Å². The fourth-order valence-corrected chi connectivity index (χ4v) is 2.72. The van der Waals surface area contributed by atoms with E-state index in [1.54, 1.807) is 12.1 Å². The van der Waals surface area contributed by atoms with E-state index in [1.807, 2.05) is 13.0 Å². The van der Waals surface area contributed by atoms with Crippen LogP contribution in [-0.2, 0) is 6.54 Å². The second-order valence-electron chi connectivity index (χ2n) is 5.58. The van der Waals surface area contributed by atoms with Crippen LogP contribution in [0.5, 0.6) is 0 Å². The lowest BCUT2D eigenvalue weighted by molar-refractivity contribution is 0.190. The van der Waals surface area contributed by atoms with Crippen molar-refractivity contribution in [3.8, 4) is 0 Å². The number of hydrogen-bond acceptors (Lipinski definition) is 2. The standard InChI is InChI=1S/C16H25FN2/c1-3-8-18-16-6-9-19(10-7-16)12-14-4-5-15(17)11-13(14)2/h4-5,11,16,18H,3,6-10,12H2,1-2H3. The van der Waals surface area contributed by atoms with Gasteiger partial charge in [0.2, 0.25) is 0 Å². The van der Waals surface area contributed by atoms with E-state index in [2.05, 4.69) is 17.1 Å². The van der Waals surface area contributed by atoms with Gasteiger partial charge in [-0.25, -0.2) is 4.39 Å². The van der Waals surface area contributed by atoms with Crippen molar-refractivity contribution in [1.82, 2.24) is 10.2 Å². The zero-order chi connectivity index (χ0) is 13.7. The summed E-state index contributed by atoms with van der Waals surface area (Å²) in [7, 11) is 0. The number of benzene rings is 1. The van der Waals surface area contributed by atoms with E-state index < -0.39 is 0 Å². The zero-order valence-electron chi connectivity index (χ0n) is 12.1. The van der Waals surface area contributed by atoms with Gasteiger partial charge in [-0.3, -0.25) is 4.90 Å². The largest absolute Gasteiger partial charge is 0.314 e. The molecule has 0 aromatic heterocycles. The predicted molar refractivity (Wildman–Crippen MR) is 77.7 cm³/mol. The Bertz CT molecular complexity index is 398. The van der Waals surface area contributed by atoms with Gasteiger partial charge in [-0.2, -0.15) is 0 Å². The molecule has 1 saturated heterocycles. The van der Waals surface area contributed by atoms with Crippen LogP contribution in [0.2, 0.25) is 0 Å². The molecular formula is C16H25FN2. The molecule has 3 heteroatoms. The van der Waals surface area contributed by atoms with Crippen LogP contribution in [0.1, 0.15) is 37.3 Å². The number of hydrogen-bond donors (Lipinski definition) is 1. The average Bonchev–Trinajstić information content (AvgIpc) is 2.41. The van der Waals surface area contributed by atoms with Gasteiger partial charge in [0.05, 0.1) is 0 Å². The van der Waals surface area contributed by atoms with E-state index in [9.17, 15) is 4.39 Å². The number of nitrogens with one attached hydrogen (secondary N) is 1. The first-order valence-electron chi connectivity index (χ1n) is 7.40. The Morgan fingerprint density at radius 2 is 2.05 bits per heavy atom. The summed E-state index contributed by atoms with van der Waals surface area (Å²) in [5.41, 5.74) is 2.31. The maximum absolute atomic E-state index is 13.1. The van der Waals surface area contributed by atoms with Gasteiger partial charge >= 0.3 is 0 Å². The van der Waals surface area contributed by atoms with Gasteiger partial charge in [-0.1, -0.05) is 13.0 Å². The summed E-state index contributed by atoms with van der Waals surface area (Å²) < 4.78 is 13.1. The van der Waals surface area contributed by atoms with Crippen molar-refractivity contribution in [3.63, 3.8) is 0 Å².